The Bertz CT molecular complexity index is 771. The lowest BCUT2D eigenvalue weighted by atomic mass is 10.0. The SMILES string of the molecule is Cc1cc(N)cc(-c2nc3cnccc3n2C)c1C. The van der Waals surface area contributed by atoms with Crippen LogP contribution in [-0.4, -0.2) is 14.5 Å². The highest BCUT2D eigenvalue weighted by Gasteiger charge is 2.13. The molecule has 19 heavy (non-hydrogen) atoms. The maximum absolute atomic E-state index is 5.96. The molecule has 0 atom stereocenters. The molecule has 0 bridgehead atoms. The van der Waals surface area contributed by atoms with Crippen molar-refractivity contribution in [2.24, 2.45) is 7.05 Å². The molecular formula is C15H16N4. The molecule has 0 aliphatic carbocycles. The van der Waals surface area contributed by atoms with Gasteiger partial charge in [0, 0.05) is 24.5 Å². The van der Waals surface area contributed by atoms with Gasteiger partial charge in [-0.25, -0.2) is 4.98 Å². The molecule has 0 unspecified atom stereocenters. The van der Waals surface area contributed by atoms with E-state index < -0.39 is 0 Å². The quantitative estimate of drug-likeness (QED) is 0.677. The second-order valence-electron chi connectivity index (χ2n) is 4.87. The Morgan fingerprint density at radius 3 is 2.74 bits per heavy atom. The standard InChI is InChI=1S/C15H16N4/c1-9-6-11(16)7-12(10(9)2)15-18-13-8-17-5-4-14(13)19(15)3/h4-8H,16H2,1-3H3. The first-order valence-electron chi connectivity index (χ1n) is 6.21. The lowest BCUT2D eigenvalue weighted by Crippen LogP contribution is -1.98. The van der Waals surface area contributed by atoms with Crippen molar-refractivity contribution in [3.05, 3.63) is 41.7 Å². The van der Waals surface area contributed by atoms with E-state index in [4.69, 9.17) is 5.73 Å². The summed E-state index contributed by atoms with van der Waals surface area (Å²) in [4.78, 5) is 8.79. The number of pyridine rings is 1. The number of nitrogens with zero attached hydrogens (tertiary/aromatic N) is 3. The average Bonchev–Trinajstić information content (AvgIpc) is 2.72. The first-order valence-corrected chi connectivity index (χ1v) is 6.21. The van der Waals surface area contributed by atoms with E-state index in [0.717, 1.165) is 28.1 Å². The monoisotopic (exact) mass is 252 g/mol. The number of aromatic nitrogens is 3. The lowest BCUT2D eigenvalue weighted by molar-refractivity contribution is 0.956. The van der Waals surface area contributed by atoms with E-state index >= 15 is 0 Å². The van der Waals surface area contributed by atoms with Gasteiger partial charge < -0.3 is 10.3 Å². The number of imidazole rings is 1. The minimum Gasteiger partial charge on any atom is -0.399 e. The number of rotatable bonds is 1. The van der Waals surface area contributed by atoms with E-state index in [1.807, 2.05) is 25.2 Å². The summed E-state index contributed by atoms with van der Waals surface area (Å²) >= 11 is 0. The zero-order chi connectivity index (χ0) is 13.6. The number of nitrogen functional groups attached to an aromatic ring is 1. The van der Waals surface area contributed by atoms with Crippen LogP contribution in [-0.2, 0) is 7.05 Å². The molecule has 0 saturated heterocycles. The molecule has 3 aromatic rings. The fraction of sp³-hybridized carbons (Fsp3) is 0.200. The van der Waals surface area contributed by atoms with Gasteiger partial charge in [-0.15, -0.1) is 0 Å². The van der Waals surface area contributed by atoms with E-state index in [2.05, 4.69) is 28.4 Å². The van der Waals surface area contributed by atoms with Gasteiger partial charge in [0.25, 0.3) is 0 Å². The van der Waals surface area contributed by atoms with Crippen LogP contribution in [0.5, 0.6) is 0 Å². The van der Waals surface area contributed by atoms with Crippen LogP contribution in [0.3, 0.4) is 0 Å². The van der Waals surface area contributed by atoms with Gasteiger partial charge >= 0.3 is 0 Å². The summed E-state index contributed by atoms with van der Waals surface area (Å²) < 4.78 is 2.08. The van der Waals surface area contributed by atoms with Crippen LogP contribution >= 0.6 is 0 Å². The summed E-state index contributed by atoms with van der Waals surface area (Å²) in [6.07, 6.45) is 3.57. The molecular weight excluding hydrogens is 236 g/mol. The summed E-state index contributed by atoms with van der Waals surface area (Å²) in [5.74, 6) is 0.927. The molecule has 0 saturated carbocycles. The molecule has 0 aliphatic heterocycles. The van der Waals surface area contributed by atoms with Gasteiger partial charge in [0.1, 0.15) is 11.3 Å². The van der Waals surface area contributed by atoms with Crippen molar-refractivity contribution in [3.8, 4) is 11.4 Å². The van der Waals surface area contributed by atoms with Crippen LogP contribution in [0.4, 0.5) is 5.69 Å². The molecule has 0 aliphatic rings. The number of aryl methyl sites for hydroxylation is 2. The van der Waals surface area contributed by atoms with E-state index in [1.54, 1.807) is 12.4 Å². The van der Waals surface area contributed by atoms with Crippen LogP contribution < -0.4 is 5.73 Å². The number of fused-ring (bicyclic) bond motifs is 1. The van der Waals surface area contributed by atoms with Gasteiger partial charge in [0.15, 0.2) is 0 Å². The van der Waals surface area contributed by atoms with Gasteiger partial charge in [-0.2, -0.15) is 0 Å². The molecule has 2 aromatic heterocycles. The molecule has 0 spiro atoms. The second kappa shape index (κ2) is 4.09. The van der Waals surface area contributed by atoms with Crippen molar-refractivity contribution in [2.75, 3.05) is 5.73 Å². The fourth-order valence-corrected chi connectivity index (χ4v) is 2.41. The van der Waals surface area contributed by atoms with Crippen LogP contribution in [0.2, 0.25) is 0 Å². The number of hydrogen-bond acceptors (Lipinski definition) is 3. The Balaban J connectivity index is 2.33. The van der Waals surface area contributed by atoms with E-state index in [1.165, 1.54) is 11.1 Å². The molecule has 96 valence electrons. The van der Waals surface area contributed by atoms with E-state index in [0.29, 0.717) is 0 Å². The Hall–Kier alpha value is -2.36. The van der Waals surface area contributed by atoms with Crippen molar-refractivity contribution in [1.29, 1.82) is 0 Å². The summed E-state index contributed by atoms with van der Waals surface area (Å²) in [7, 11) is 2.02. The summed E-state index contributed by atoms with van der Waals surface area (Å²) in [6, 6.07) is 5.94. The molecule has 3 rings (SSSR count). The van der Waals surface area contributed by atoms with E-state index in [9.17, 15) is 0 Å². The van der Waals surface area contributed by atoms with Crippen LogP contribution in [0.15, 0.2) is 30.6 Å². The Morgan fingerprint density at radius 1 is 1.21 bits per heavy atom. The smallest absolute Gasteiger partial charge is 0.141 e. The molecule has 2 heterocycles. The van der Waals surface area contributed by atoms with Gasteiger partial charge in [-0.1, -0.05) is 0 Å². The molecule has 0 fully saturated rings. The third kappa shape index (κ3) is 1.76. The van der Waals surface area contributed by atoms with Crippen molar-refractivity contribution in [1.82, 2.24) is 14.5 Å². The number of hydrogen-bond donors (Lipinski definition) is 1. The number of benzene rings is 1. The Kier molecular flexibility index (Phi) is 2.52. The van der Waals surface area contributed by atoms with Crippen LogP contribution in [0.25, 0.3) is 22.4 Å². The predicted octanol–water partition coefficient (Wildman–Crippen LogP) is 2.83. The second-order valence-corrected chi connectivity index (χ2v) is 4.87. The molecule has 0 amide bonds. The highest BCUT2D eigenvalue weighted by atomic mass is 15.1. The minimum absolute atomic E-state index is 0.767. The maximum Gasteiger partial charge on any atom is 0.141 e. The van der Waals surface area contributed by atoms with Gasteiger partial charge in [-0.3, -0.25) is 4.98 Å². The fourth-order valence-electron chi connectivity index (χ4n) is 2.41. The third-order valence-corrected chi connectivity index (χ3v) is 3.61. The number of anilines is 1. The van der Waals surface area contributed by atoms with Crippen LogP contribution in [0.1, 0.15) is 11.1 Å². The molecule has 4 nitrogen and oxygen atoms in total. The Labute approximate surface area is 111 Å². The number of nitrogens with two attached hydrogens (primary N) is 1. The van der Waals surface area contributed by atoms with Crippen molar-refractivity contribution in [2.45, 2.75) is 13.8 Å². The maximum atomic E-state index is 5.96. The normalized spacial score (nSPS) is 11.1. The van der Waals surface area contributed by atoms with Gasteiger partial charge in [-0.05, 0) is 43.2 Å². The third-order valence-electron chi connectivity index (χ3n) is 3.61. The van der Waals surface area contributed by atoms with Crippen LogP contribution in [0, 0.1) is 13.8 Å². The zero-order valence-corrected chi connectivity index (χ0v) is 11.3. The summed E-state index contributed by atoms with van der Waals surface area (Å²) in [5.41, 5.74) is 12.2. The highest BCUT2D eigenvalue weighted by molar-refractivity contribution is 5.81. The van der Waals surface area contributed by atoms with Gasteiger partial charge in [0.05, 0.1) is 11.7 Å². The molecule has 1 aromatic carbocycles. The van der Waals surface area contributed by atoms with E-state index in [-0.39, 0.29) is 0 Å². The average molecular weight is 252 g/mol. The van der Waals surface area contributed by atoms with Crippen molar-refractivity contribution in [3.63, 3.8) is 0 Å². The highest BCUT2D eigenvalue weighted by Crippen LogP contribution is 2.29. The van der Waals surface area contributed by atoms with Crippen molar-refractivity contribution < 1.29 is 0 Å². The first kappa shape index (κ1) is 11.7. The summed E-state index contributed by atoms with van der Waals surface area (Å²) in [6.45, 7) is 4.17. The largest absolute Gasteiger partial charge is 0.399 e. The summed E-state index contributed by atoms with van der Waals surface area (Å²) in [5, 5.41) is 0. The molecule has 0 radical (unpaired) electrons. The predicted molar refractivity (Wildman–Crippen MR) is 77.8 cm³/mol. The molecule has 4 heteroatoms. The Morgan fingerprint density at radius 2 is 2.00 bits per heavy atom. The van der Waals surface area contributed by atoms with Gasteiger partial charge in [0.2, 0.25) is 0 Å². The van der Waals surface area contributed by atoms with Crippen molar-refractivity contribution >= 4 is 16.7 Å². The topological polar surface area (TPSA) is 56.7 Å². The minimum atomic E-state index is 0.767. The first-order chi connectivity index (χ1) is 9.08. The molecule has 2 N–H and O–H groups in total. The lowest BCUT2D eigenvalue weighted by Gasteiger charge is -2.10. The zero-order valence-electron chi connectivity index (χ0n) is 11.3.